The summed E-state index contributed by atoms with van der Waals surface area (Å²) in [7, 11) is 1.64. The summed E-state index contributed by atoms with van der Waals surface area (Å²) < 4.78 is 13.7. The van der Waals surface area contributed by atoms with Gasteiger partial charge >= 0.3 is 0 Å². The lowest BCUT2D eigenvalue weighted by Gasteiger charge is -2.31. The number of carbonyl (C=O) groups excluding carboxylic acids is 2. The van der Waals surface area contributed by atoms with E-state index in [2.05, 4.69) is 10.3 Å². The lowest BCUT2D eigenvalue weighted by atomic mass is 9.99. The molecule has 2 aromatic rings. The van der Waals surface area contributed by atoms with Crippen molar-refractivity contribution in [2.45, 2.75) is 31.3 Å². The minimum Gasteiger partial charge on any atom is -0.344 e. The lowest BCUT2D eigenvalue weighted by molar-refractivity contribution is -0.127. The van der Waals surface area contributed by atoms with Gasteiger partial charge < -0.3 is 11.1 Å². The second kappa shape index (κ2) is 7.61. The normalized spacial score (nSPS) is 17.6. The molecule has 7 heteroatoms. The van der Waals surface area contributed by atoms with E-state index in [-0.39, 0.29) is 30.5 Å². The summed E-state index contributed by atoms with van der Waals surface area (Å²) >= 11 is 0. The number of rotatable bonds is 5. The molecular weight excluding hydrogens is 335 g/mol. The van der Waals surface area contributed by atoms with Gasteiger partial charge in [-0.05, 0) is 29.7 Å². The average Bonchev–Trinajstić information content (AvgIpc) is 2.61. The van der Waals surface area contributed by atoms with Gasteiger partial charge in [-0.2, -0.15) is 0 Å². The lowest BCUT2D eigenvalue weighted by Crippen LogP contribution is -2.52. The van der Waals surface area contributed by atoms with Crippen LogP contribution in [0.5, 0.6) is 0 Å². The molecule has 2 heterocycles. The number of fused-ring (bicyclic) bond motifs is 1. The Morgan fingerprint density at radius 3 is 2.92 bits per heavy atom. The van der Waals surface area contributed by atoms with Crippen LogP contribution in [0.15, 0.2) is 42.6 Å². The predicted octanol–water partition coefficient (Wildman–Crippen LogP) is 1.18. The Kier molecular flexibility index (Phi) is 5.27. The monoisotopic (exact) mass is 356 g/mol. The molecule has 0 bridgehead atoms. The van der Waals surface area contributed by atoms with Gasteiger partial charge in [0.1, 0.15) is 17.7 Å². The molecule has 0 spiro atoms. The summed E-state index contributed by atoms with van der Waals surface area (Å²) in [6, 6.07) is 8.85. The number of nitrogens with one attached hydrogen (secondary N) is 1. The number of nitrogens with two attached hydrogens (primary N) is 1. The van der Waals surface area contributed by atoms with Crippen molar-refractivity contribution in [3.8, 4) is 0 Å². The van der Waals surface area contributed by atoms with Crippen molar-refractivity contribution in [1.82, 2.24) is 10.3 Å². The van der Waals surface area contributed by atoms with Gasteiger partial charge in [0.25, 0.3) is 5.91 Å². The number of likely N-dealkylation sites (N-methyl/N-ethyl adjacent to an activating group) is 1. The standard InChI is InChI=1S/C19H21FN4O2/c1-24-18-13(6-4-8-22-18)10-16(19(24)26)23-17(25)11-14(21)9-12-5-2-3-7-15(12)20/h2-8,14,16H,9-11,21H2,1H3,(H,23,25)/t14-,16?/m1/s1. The largest absolute Gasteiger partial charge is 0.344 e. The SMILES string of the molecule is CN1C(=O)C(NC(=O)C[C@H](N)Cc2ccccc2F)Cc2cccnc21. The number of halogens is 1. The highest BCUT2D eigenvalue weighted by Crippen LogP contribution is 2.23. The van der Waals surface area contributed by atoms with Gasteiger partial charge in [-0.1, -0.05) is 24.3 Å². The Morgan fingerprint density at radius 1 is 1.38 bits per heavy atom. The van der Waals surface area contributed by atoms with Crippen molar-refractivity contribution in [3.05, 3.63) is 59.5 Å². The van der Waals surface area contributed by atoms with Gasteiger partial charge in [0, 0.05) is 32.1 Å². The van der Waals surface area contributed by atoms with E-state index in [0.29, 0.717) is 17.8 Å². The summed E-state index contributed by atoms with van der Waals surface area (Å²) in [6.07, 6.45) is 2.29. The first-order chi connectivity index (χ1) is 12.5. The Labute approximate surface area is 151 Å². The summed E-state index contributed by atoms with van der Waals surface area (Å²) in [5.74, 6) is -0.268. The highest BCUT2D eigenvalue weighted by atomic mass is 19.1. The number of carbonyl (C=O) groups is 2. The molecule has 1 unspecified atom stereocenters. The molecule has 0 aliphatic carbocycles. The maximum atomic E-state index is 13.7. The fourth-order valence-corrected chi connectivity index (χ4v) is 3.16. The van der Waals surface area contributed by atoms with E-state index >= 15 is 0 Å². The molecule has 3 N–H and O–H groups in total. The Bertz CT molecular complexity index is 827. The van der Waals surface area contributed by atoms with Crippen molar-refractivity contribution in [2.75, 3.05) is 11.9 Å². The first-order valence-electron chi connectivity index (χ1n) is 8.45. The van der Waals surface area contributed by atoms with E-state index < -0.39 is 12.1 Å². The van der Waals surface area contributed by atoms with E-state index in [4.69, 9.17) is 5.73 Å². The average molecular weight is 356 g/mol. The number of anilines is 1. The second-order valence-electron chi connectivity index (χ2n) is 6.47. The van der Waals surface area contributed by atoms with Crippen LogP contribution in [0.2, 0.25) is 0 Å². The van der Waals surface area contributed by atoms with Gasteiger partial charge in [0.05, 0.1) is 0 Å². The van der Waals surface area contributed by atoms with E-state index in [1.165, 1.54) is 11.0 Å². The third kappa shape index (κ3) is 3.88. The molecule has 1 aliphatic rings. The number of nitrogens with zero attached hydrogens (tertiary/aromatic N) is 2. The second-order valence-corrected chi connectivity index (χ2v) is 6.47. The predicted molar refractivity (Wildman–Crippen MR) is 96.0 cm³/mol. The van der Waals surface area contributed by atoms with Gasteiger partial charge in [0.15, 0.2) is 0 Å². The molecule has 136 valence electrons. The minimum atomic E-state index is -0.648. The fourth-order valence-electron chi connectivity index (χ4n) is 3.16. The molecule has 1 aromatic heterocycles. The van der Waals surface area contributed by atoms with E-state index in [1.54, 1.807) is 37.5 Å². The van der Waals surface area contributed by atoms with Crippen molar-refractivity contribution >= 4 is 17.6 Å². The maximum absolute atomic E-state index is 13.7. The Morgan fingerprint density at radius 2 is 2.15 bits per heavy atom. The Hall–Kier alpha value is -2.80. The van der Waals surface area contributed by atoms with Crippen molar-refractivity contribution < 1.29 is 14.0 Å². The number of hydrogen-bond donors (Lipinski definition) is 2. The molecule has 6 nitrogen and oxygen atoms in total. The quantitative estimate of drug-likeness (QED) is 0.842. The van der Waals surface area contributed by atoms with Gasteiger partial charge in [0.2, 0.25) is 5.91 Å². The van der Waals surface area contributed by atoms with Crippen LogP contribution < -0.4 is 16.0 Å². The summed E-state index contributed by atoms with van der Waals surface area (Å²) in [5.41, 5.74) is 7.36. The first-order valence-corrected chi connectivity index (χ1v) is 8.45. The van der Waals surface area contributed by atoms with Crippen LogP contribution in [0, 0.1) is 5.82 Å². The molecule has 1 aromatic carbocycles. The van der Waals surface area contributed by atoms with Crippen molar-refractivity contribution in [2.24, 2.45) is 5.73 Å². The first kappa shape index (κ1) is 18.0. The fraction of sp³-hybridized carbons (Fsp3) is 0.316. The Balaban J connectivity index is 1.60. The number of amides is 2. The summed E-state index contributed by atoms with van der Waals surface area (Å²) in [6.45, 7) is 0. The minimum absolute atomic E-state index is 0.0156. The van der Waals surface area contributed by atoms with Crippen LogP contribution in [0.1, 0.15) is 17.5 Å². The molecule has 1 aliphatic heterocycles. The van der Waals surface area contributed by atoms with E-state index in [9.17, 15) is 14.0 Å². The number of hydrogen-bond acceptors (Lipinski definition) is 4. The highest BCUT2D eigenvalue weighted by molar-refractivity contribution is 6.00. The smallest absolute Gasteiger partial charge is 0.250 e. The van der Waals surface area contributed by atoms with Crippen LogP contribution in [-0.2, 0) is 22.4 Å². The summed E-state index contributed by atoms with van der Waals surface area (Å²) in [5, 5.41) is 2.74. The molecule has 26 heavy (non-hydrogen) atoms. The van der Waals surface area contributed by atoms with Crippen LogP contribution in [0.25, 0.3) is 0 Å². The van der Waals surface area contributed by atoms with Gasteiger partial charge in [-0.3, -0.25) is 14.5 Å². The maximum Gasteiger partial charge on any atom is 0.250 e. The van der Waals surface area contributed by atoms with E-state index in [0.717, 1.165) is 5.56 Å². The summed E-state index contributed by atoms with van der Waals surface area (Å²) in [4.78, 5) is 30.4. The number of benzene rings is 1. The molecule has 2 amide bonds. The van der Waals surface area contributed by atoms with Gasteiger partial charge in [-0.15, -0.1) is 0 Å². The topological polar surface area (TPSA) is 88.3 Å². The molecule has 3 rings (SSSR count). The zero-order chi connectivity index (χ0) is 18.7. The molecular formula is C19H21FN4O2. The number of aromatic nitrogens is 1. The molecule has 2 atom stereocenters. The zero-order valence-corrected chi connectivity index (χ0v) is 14.5. The molecule has 0 saturated heterocycles. The molecule has 0 fully saturated rings. The van der Waals surface area contributed by atoms with E-state index in [1.807, 2.05) is 6.07 Å². The van der Waals surface area contributed by atoms with Crippen LogP contribution in [-0.4, -0.2) is 35.9 Å². The van der Waals surface area contributed by atoms with Crippen molar-refractivity contribution in [1.29, 1.82) is 0 Å². The zero-order valence-electron chi connectivity index (χ0n) is 14.5. The highest BCUT2D eigenvalue weighted by Gasteiger charge is 2.32. The van der Waals surface area contributed by atoms with Crippen molar-refractivity contribution in [3.63, 3.8) is 0 Å². The number of pyridine rings is 1. The molecule has 0 saturated carbocycles. The third-order valence-electron chi connectivity index (χ3n) is 4.46. The van der Waals surface area contributed by atoms with Crippen LogP contribution >= 0.6 is 0 Å². The van der Waals surface area contributed by atoms with Crippen LogP contribution in [0.4, 0.5) is 10.2 Å². The molecule has 0 radical (unpaired) electrons. The van der Waals surface area contributed by atoms with Gasteiger partial charge in [-0.25, -0.2) is 9.37 Å². The third-order valence-corrected chi connectivity index (χ3v) is 4.46. The van der Waals surface area contributed by atoms with Crippen LogP contribution in [0.3, 0.4) is 0 Å².